The van der Waals surface area contributed by atoms with Gasteiger partial charge in [-0.3, -0.25) is 19.7 Å². The Labute approximate surface area is 149 Å². The van der Waals surface area contributed by atoms with E-state index >= 15 is 0 Å². The Hall–Kier alpha value is -2.55. The summed E-state index contributed by atoms with van der Waals surface area (Å²) in [5.74, 6) is -0.499. The van der Waals surface area contributed by atoms with Crippen LogP contribution in [0.2, 0.25) is 0 Å². The summed E-state index contributed by atoms with van der Waals surface area (Å²) >= 11 is 0.856. The molecule has 1 aliphatic rings. The van der Waals surface area contributed by atoms with Crippen LogP contribution in [0.1, 0.15) is 13.3 Å². The first-order valence-electron chi connectivity index (χ1n) is 7.83. The molecule has 0 heterocycles. The molecule has 134 valence electrons. The van der Waals surface area contributed by atoms with Gasteiger partial charge in [-0.05, 0) is 25.5 Å². The standard InChI is InChI=1S/C16H20N4O4S/c1-11(17-16(22)25-19-13-5-3-2-4-6-13)15(21)18-14-8-7-12(9-14)10-20(23)24/h2-8,11-12,14,19H,9-10H2,1H3,(H,17,22)(H,18,21)/t11-,12+,14-/m0/s1. The van der Waals surface area contributed by atoms with Gasteiger partial charge in [-0.2, -0.15) is 0 Å². The Morgan fingerprint density at radius 2 is 2.04 bits per heavy atom. The minimum absolute atomic E-state index is 0.142. The molecule has 1 aliphatic carbocycles. The topological polar surface area (TPSA) is 113 Å². The minimum atomic E-state index is -0.708. The van der Waals surface area contributed by atoms with Crippen molar-refractivity contribution in [3.63, 3.8) is 0 Å². The van der Waals surface area contributed by atoms with Crippen LogP contribution in [0.15, 0.2) is 42.5 Å². The largest absolute Gasteiger partial charge is 0.348 e. The zero-order valence-electron chi connectivity index (χ0n) is 13.7. The third-order valence-electron chi connectivity index (χ3n) is 3.65. The number of hydrogen-bond acceptors (Lipinski definition) is 6. The van der Waals surface area contributed by atoms with Gasteiger partial charge in [0.05, 0.1) is 0 Å². The average Bonchev–Trinajstić information content (AvgIpc) is 3.00. The lowest BCUT2D eigenvalue weighted by atomic mass is 10.1. The lowest BCUT2D eigenvalue weighted by Gasteiger charge is -2.17. The van der Waals surface area contributed by atoms with Crippen LogP contribution < -0.4 is 15.4 Å². The maximum atomic E-state index is 12.1. The van der Waals surface area contributed by atoms with Crippen LogP contribution in [-0.2, 0) is 4.79 Å². The number of rotatable bonds is 7. The number of carbonyl (C=O) groups excluding carboxylic acids is 2. The van der Waals surface area contributed by atoms with Crippen molar-refractivity contribution < 1.29 is 14.5 Å². The summed E-state index contributed by atoms with van der Waals surface area (Å²) < 4.78 is 2.88. The molecule has 0 bridgehead atoms. The Morgan fingerprint density at radius 3 is 2.72 bits per heavy atom. The van der Waals surface area contributed by atoms with Crippen molar-refractivity contribution in [3.05, 3.63) is 52.6 Å². The quantitative estimate of drug-likeness (QED) is 0.296. The van der Waals surface area contributed by atoms with Gasteiger partial charge in [0, 0.05) is 34.5 Å². The van der Waals surface area contributed by atoms with E-state index in [9.17, 15) is 19.7 Å². The van der Waals surface area contributed by atoms with Crippen molar-refractivity contribution in [2.24, 2.45) is 5.92 Å². The van der Waals surface area contributed by atoms with Crippen molar-refractivity contribution in [3.8, 4) is 0 Å². The third kappa shape index (κ3) is 6.46. The van der Waals surface area contributed by atoms with E-state index in [1.807, 2.05) is 30.3 Å². The zero-order valence-corrected chi connectivity index (χ0v) is 14.5. The van der Waals surface area contributed by atoms with Gasteiger partial charge >= 0.3 is 0 Å². The van der Waals surface area contributed by atoms with Crippen molar-refractivity contribution >= 4 is 28.8 Å². The van der Waals surface area contributed by atoms with Crippen LogP contribution in [0, 0.1) is 16.0 Å². The number of nitrogens with zero attached hydrogens (tertiary/aromatic N) is 1. The molecule has 2 rings (SSSR count). The summed E-state index contributed by atoms with van der Waals surface area (Å²) in [4.78, 5) is 34.1. The van der Waals surface area contributed by atoms with E-state index < -0.39 is 6.04 Å². The number of carbonyl (C=O) groups is 2. The molecular formula is C16H20N4O4S. The predicted octanol–water partition coefficient (Wildman–Crippen LogP) is 2.18. The summed E-state index contributed by atoms with van der Waals surface area (Å²) in [6, 6.07) is 8.26. The fourth-order valence-electron chi connectivity index (χ4n) is 2.40. The fourth-order valence-corrected chi connectivity index (χ4v) is 2.98. The Bertz CT molecular complexity index is 653. The molecule has 9 heteroatoms. The van der Waals surface area contributed by atoms with Crippen LogP contribution in [-0.4, -0.2) is 34.7 Å². The van der Waals surface area contributed by atoms with E-state index in [4.69, 9.17) is 0 Å². The average molecular weight is 364 g/mol. The number of nitro groups is 1. The molecule has 2 amide bonds. The molecule has 0 fully saturated rings. The number of benzene rings is 1. The van der Waals surface area contributed by atoms with Gasteiger partial charge in [0.15, 0.2) is 0 Å². The van der Waals surface area contributed by atoms with Gasteiger partial charge in [-0.25, -0.2) is 0 Å². The summed E-state index contributed by atoms with van der Waals surface area (Å²) in [5, 5.41) is 15.5. The van der Waals surface area contributed by atoms with Gasteiger partial charge in [0.1, 0.15) is 6.04 Å². The fraction of sp³-hybridized carbons (Fsp3) is 0.375. The normalized spacial score (nSPS) is 19.9. The first kappa shape index (κ1) is 18.8. The second-order valence-corrected chi connectivity index (χ2v) is 6.51. The van der Waals surface area contributed by atoms with Gasteiger partial charge < -0.3 is 15.4 Å². The molecule has 1 aromatic carbocycles. The number of anilines is 1. The monoisotopic (exact) mass is 364 g/mol. The SMILES string of the molecule is C[C@H](NC(=O)SNc1ccccc1)C(=O)N[C@H]1C=C[C@@H](C[N+](=O)[O-])C1. The first-order valence-corrected chi connectivity index (χ1v) is 8.64. The Morgan fingerprint density at radius 1 is 1.32 bits per heavy atom. The molecule has 0 radical (unpaired) electrons. The highest BCUT2D eigenvalue weighted by Gasteiger charge is 2.25. The molecule has 1 aromatic rings. The zero-order chi connectivity index (χ0) is 18.2. The molecule has 0 spiro atoms. The van der Waals surface area contributed by atoms with Crippen LogP contribution in [0.5, 0.6) is 0 Å². The van der Waals surface area contributed by atoms with E-state index in [0.29, 0.717) is 6.42 Å². The van der Waals surface area contributed by atoms with E-state index in [1.54, 1.807) is 19.1 Å². The lowest BCUT2D eigenvalue weighted by Crippen LogP contribution is -2.46. The van der Waals surface area contributed by atoms with Crippen LogP contribution in [0.4, 0.5) is 10.5 Å². The molecule has 3 atom stereocenters. The minimum Gasteiger partial charge on any atom is -0.348 e. The highest BCUT2D eigenvalue weighted by Crippen LogP contribution is 2.18. The predicted molar refractivity (Wildman–Crippen MR) is 96.7 cm³/mol. The number of nitrogens with one attached hydrogen (secondary N) is 3. The van der Waals surface area contributed by atoms with Crippen molar-refractivity contribution in [2.45, 2.75) is 25.4 Å². The second kappa shape index (κ2) is 9.07. The van der Waals surface area contributed by atoms with Crippen LogP contribution in [0.25, 0.3) is 0 Å². The highest BCUT2D eigenvalue weighted by molar-refractivity contribution is 8.14. The Kier molecular flexibility index (Phi) is 6.81. The van der Waals surface area contributed by atoms with Crippen molar-refractivity contribution in [2.75, 3.05) is 11.3 Å². The molecule has 3 N–H and O–H groups in total. The molecule has 0 aliphatic heterocycles. The molecular weight excluding hydrogens is 344 g/mol. The summed E-state index contributed by atoms with van der Waals surface area (Å²) in [5.41, 5.74) is 0.785. The van der Waals surface area contributed by atoms with Gasteiger partial charge in [0.2, 0.25) is 12.5 Å². The number of para-hydroxylation sites is 1. The first-order chi connectivity index (χ1) is 11.9. The number of amides is 2. The van der Waals surface area contributed by atoms with Crippen LogP contribution in [0.3, 0.4) is 0 Å². The molecule has 25 heavy (non-hydrogen) atoms. The lowest BCUT2D eigenvalue weighted by molar-refractivity contribution is -0.485. The summed E-state index contributed by atoms with van der Waals surface area (Å²) in [6.45, 7) is 1.44. The van der Waals surface area contributed by atoms with Gasteiger partial charge in [0.25, 0.3) is 5.24 Å². The summed E-state index contributed by atoms with van der Waals surface area (Å²) in [6.07, 6.45) is 4.00. The van der Waals surface area contributed by atoms with Crippen LogP contribution >= 0.6 is 11.9 Å². The van der Waals surface area contributed by atoms with E-state index in [-0.39, 0.29) is 34.6 Å². The molecule has 0 aromatic heterocycles. The molecule has 8 nitrogen and oxygen atoms in total. The Balaban J connectivity index is 1.70. The maximum absolute atomic E-state index is 12.1. The third-order valence-corrected chi connectivity index (χ3v) is 4.29. The van der Waals surface area contributed by atoms with Gasteiger partial charge in [-0.1, -0.05) is 30.4 Å². The van der Waals surface area contributed by atoms with Gasteiger partial charge in [-0.15, -0.1) is 0 Å². The van der Waals surface area contributed by atoms with Crippen molar-refractivity contribution in [1.29, 1.82) is 0 Å². The van der Waals surface area contributed by atoms with E-state index in [1.165, 1.54) is 0 Å². The molecule has 0 unspecified atom stereocenters. The van der Waals surface area contributed by atoms with E-state index in [2.05, 4.69) is 15.4 Å². The van der Waals surface area contributed by atoms with E-state index in [0.717, 1.165) is 17.6 Å². The molecule has 0 saturated carbocycles. The van der Waals surface area contributed by atoms with Crippen molar-refractivity contribution in [1.82, 2.24) is 10.6 Å². The molecule has 0 saturated heterocycles. The second-order valence-electron chi connectivity index (χ2n) is 5.73. The smallest absolute Gasteiger partial charge is 0.300 e. The highest BCUT2D eigenvalue weighted by atomic mass is 32.2. The number of hydrogen-bond donors (Lipinski definition) is 3. The summed E-state index contributed by atoms with van der Waals surface area (Å²) in [7, 11) is 0. The maximum Gasteiger partial charge on any atom is 0.300 e.